The van der Waals surface area contributed by atoms with Gasteiger partial charge in [0.15, 0.2) is 0 Å². The number of rotatable bonds is 4. The van der Waals surface area contributed by atoms with Crippen LogP contribution in [0.15, 0.2) is 48.5 Å². The minimum absolute atomic E-state index is 0.0249. The van der Waals surface area contributed by atoms with E-state index in [1.807, 2.05) is 30.3 Å². The number of hydrogen-bond acceptors (Lipinski definition) is 3. The van der Waals surface area contributed by atoms with E-state index >= 15 is 0 Å². The molecule has 0 spiro atoms. The topological polar surface area (TPSA) is 76.7 Å². The molecule has 0 bridgehead atoms. The average molecular weight is 301 g/mol. The maximum Gasteiger partial charge on any atom is 0.224 e. The molecule has 1 aliphatic carbocycles. The summed E-state index contributed by atoms with van der Waals surface area (Å²) in [5, 5.41) is 20.7. The Bertz CT molecular complexity index is 829. The lowest BCUT2D eigenvalue weighted by molar-refractivity contribution is -0.122. The fourth-order valence-corrected chi connectivity index (χ4v) is 2.76. The van der Waals surface area contributed by atoms with Gasteiger partial charge in [-0.3, -0.25) is 4.79 Å². The number of nitrogens with zero attached hydrogens (tertiary/aromatic N) is 2. The van der Waals surface area contributed by atoms with Gasteiger partial charge in [0.2, 0.25) is 5.91 Å². The smallest absolute Gasteiger partial charge is 0.224 e. The van der Waals surface area contributed by atoms with E-state index in [9.17, 15) is 4.79 Å². The Morgan fingerprint density at radius 3 is 2.52 bits per heavy atom. The minimum Gasteiger partial charge on any atom is -0.352 e. The molecule has 2 aromatic carbocycles. The Kier molecular flexibility index (Phi) is 4.08. The van der Waals surface area contributed by atoms with Gasteiger partial charge in [-0.2, -0.15) is 10.5 Å². The quantitative estimate of drug-likeness (QED) is 0.943. The van der Waals surface area contributed by atoms with Gasteiger partial charge in [0.05, 0.1) is 23.3 Å². The summed E-state index contributed by atoms with van der Waals surface area (Å²) in [6.45, 7) is 0.426. The van der Waals surface area contributed by atoms with Gasteiger partial charge < -0.3 is 5.32 Å². The van der Waals surface area contributed by atoms with Gasteiger partial charge in [-0.15, -0.1) is 0 Å². The highest BCUT2D eigenvalue weighted by molar-refractivity contribution is 5.82. The van der Waals surface area contributed by atoms with Gasteiger partial charge in [-0.1, -0.05) is 24.3 Å². The zero-order valence-electron chi connectivity index (χ0n) is 12.5. The van der Waals surface area contributed by atoms with Crippen LogP contribution < -0.4 is 5.32 Å². The lowest BCUT2D eigenvalue weighted by Crippen LogP contribution is -2.24. The number of carbonyl (C=O) groups excluding carboxylic acids is 1. The molecule has 0 saturated heterocycles. The summed E-state index contributed by atoms with van der Waals surface area (Å²) in [6, 6.07) is 18.9. The summed E-state index contributed by atoms with van der Waals surface area (Å²) in [7, 11) is 0. The van der Waals surface area contributed by atoms with Gasteiger partial charge >= 0.3 is 0 Å². The number of nitrogens with one attached hydrogen (secondary N) is 1. The molecule has 1 N–H and O–H groups in total. The fourth-order valence-electron chi connectivity index (χ4n) is 2.76. The van der Waals surface area contributed by atoms with Crippen molar-refractivity contribution in [2.75, 3.05) is 0 Å². The molecule has 4 nitrogen and oxygen atoms in total. The third-order valence-electron chi connectivity index (χ3n) is 4.09. The summed E-state index contributed by atoms with van der Waals surface area (Å²) < 4.78 is 0. The van der Waals surface area contributed by atoms with Crippen LogP contribution in [0.1, 0.15) is 34.6 Å². The molecule has 112 valence electrons. The molecule has 1 fully saturated rings. The molecule has 0 unspecified atom stereocenters. The van der Waals surface area contributed by atoms with Crippen molar-refractivity contribution in [2.24, 2.45) is 5.92 Å². The van der Waals surface area contributed by atoms with Gasteiger partial charge in [-0.25, -0.2) is 0 Å². The summed E-state index contributed by atoms with van der Waals surface area (Å²) in [5.74, 6) is 0.205. The molecule has 0 heterocycles. The van der Waals surface area contributed by atoms with E-state index in [0.29, 0.717) is 17.7 Å². The molecular formula is C19H15N3O. The first-order chi connectivity index (χ1) is 11.2. The molecular weight excluding hydrogens is 286 g/mol. The second-order valence-corrected chi connectivity index (χ2v) is 5.72. The average Bonchev–Trinajstić information content (AvgIpc) is 3.41. The van der Waals surface area contributed by atoms with Crippen LogP contribution in [0.3, 0.4) is 0 Å². The molecule has 2 atom stereocenters. The van der Waals surface area contributed by atoms with Crippen molar-refractivity contribution >= 4 is 5.91 Å². The molecule has 4 heteroatoms. The predicted octanol–water partition coefficient (Wildman–Crippen LogP) is 2.85. The summed E-state index contributed by atoms with van der Waals surface area (Å²) in [4.78, 5) is 12.2. The Morgan fingerprint density at radius 1 is 1.09 bits per heavy atom. The highest BCUT2D eigenvalue weighted by Gasteiger charge is 2.43. The zero-order valence-corrected chi connectivity index (χ0v) is 12.5. The van der Waals surface area contributed by atoms with E-state index in [1.54, 1.807) is 18.2 Å². The largest absolute Gasteiger partial charge is 0.352 e. The van der Waals surface area contributed by atoms with Crippen LogP contribution in [0, 0.1) is 28.6 Å². The first-order valence-corrected chi connectivity index (χ1v) is 7.48. The maximum absolute atomic E-state index is 12.2. The molecule has 0 aromatic heterocycles. The van der Waals surface area contributed by atoms with Crippen molar-refractivity contribution in [1.82, 2.24) is 5.32 Å². The third-order valence-corrected chi connectivity index (χ3v) is 4.09. The first-order valence-electron chi connectivity index (χ1n) is 7.48. The van der Waals surface area contributed by atoms with Crippen LogP contribution in [-0.4, -0.2) is 5.91 Å². The SMILES string of the molecule is N#Cc1cccc(CNC(=O)[C@@H]2C[C@H]2c2cccc(C#N)c2)c1. The predicted molar refractivity (Wildman–Crippen MR) is 85.0 cm³/mol. The van der Waals surface area contributed by atoms with Crippen molar-refractivity contribution in [3.63, 3.8) is 0 Å². The minimum atomic E-state index is -0.0249. The Morgan fingerprint density at radius 2 is 1.78 bits per heavy atom. The van der Waals surface area contributed by atoms with Gasteiger partial charge in [0, 0.05) is 12.5 Å². The number of nitriles is 2. The Balaban J connectivity index is 1.58. The summed E-state index contributed by atoms with van der Waals surface area (Å²) in [5.41, 5.74) is 3.19. The van der Waals surface area contributed by atoms with Crippen LogP contribution in [-0.2, 0) is 11.3 Å². The first kappa shape index (κ1) is 14.8. The maximum atomic E-state index is 12.2. The second-order valence-electron chi connectivity index (χ2n) is 5.72. The highest BCUT2D eigenvalue weighted by atomic mass is 16.2. The van der Waals surface area contributed by atoms with Gasteiger partial charge in [0.25, 0.3) is 0 Å². The molecule has 0 radical (unpaired) electrons. The zero-order chi connectivity index (χ0) is 16.2. The molecule has 23 heavy (non-hydrogen) atoms. The molecule has 1 aliphatic rings. The van der Waals surface area contributed by atoms with Crippen LogP contribution in [0.25, 0.3) is 0 Å². The monoisotopic (exact) mass is 301 g/mol. The van der Waals surface area contributed by atoms with E-state index in [4.69, 9.17) is 10.5 Å². The van der Waals surface area contributed by atoms with Gasteiger partial charge in [0.1, 0.15) is 0 Å². The van der Waals surface area contributed by atoms with Gasteiger partial charge in [-0.05, 0) is 47.7 Å². The number of carbonyl (C=O) groups is 1. The van der Waals surface area contributed by atoms with Crippen molar-refractivity contribution in [3.05, 3.63) is 70.8 Å². The van der Waals surface area contributed by atoms with E-state index in [-0.39, 0.29) is 17.7 Å². The van der Waals surface area contributed by atoms with E-state index < -0.39 is 0 Å². The summed E-state index contributed by atoms with van der Waals surface area (Å²) in [6.07, 6.45) is 0.818. The Hall–Kier alpha value is -3.11. The Labute approximate surface area is 135 Å². The van der Waals surface area contributed by atoms with Crippen molar-refractivity contribution in [1.29, 1.82) is 10.5 Å². The number of amides is 1. The molecule has 0 aliphatic heterocycles. The van der Waals surface area contributed by atoms with E-state index in [2.05, 4.69) is 17.5 Å². The molecule has 1 amide bonds. The van der Waals surface area contributed by atoms with Crippen LogP contribution >= 0.6 is 0 Å². The van der Waals surface area contributed by atoms with E-state index in [1.165, 1.54) is 0 Å². The normalized spacial score (nSPS) is 18.5. The molecule has 2 aromatic rings. The number of hydrogen-bond donors (Lipinski definition) is 1. The lowest BCUT2D eigenvalue weighted by atomic mass is 10.1. The molecule has 1 saturated carbocycles. The standard InChI is InChI=1S/C19H15N3O/c20-10-13-3-1-5-15(7-13)12-22-19(23)18-9-17(18)16-6-2-4-14(8-16)11-21/h1-8,17-18H,9,12H2,(H,22,23)/t17-,18+/m0/s1. The summed E-state index contributed by atoms with van der Waals surface area (Å²) >= 11 is 0. The number of benzene rings is 2. The molecule has 3 rings (SSSR count). The van der Waals surface area contributed by atoms with Crippen LogP contribution in [0.4, 0.5) is 0 Å². The third kappa shape index (κ3) is 3.39. The van der Waals surface area contributed by atoms with Crippen molar-refractivity contribution in [3.8, 4) is 12.1 Å². The highest BCUT2D eigenvalue weighted by Crippen LogP contribution is 2.47. The fraction of sp³-hybridized carbons (Fsp3) is 0.211. The lowest BCUT2D eigenvalue weighted by Gasteiger charge is -2.06. The second kappa shape index (κ2) is 6.34. The van der Waals surface area contributed by atoms with Crippen molar-refractivity contribution < 1.29 is 4.79 Å². The van der Waals surface area contributed by atoms with Crippen LogP contribution in [0.2, 0.25) is 0 Å². The van der Waals surface area contributed by atoms with Crippen LogP contribution in [0.5, 0.6) is 0 Å². The van der Waals surface area contributed by atoms with Crippen molar-refractivity contribution in [2.45, 2.75) is 18.9 Å². The van der Waals surface area contributed by atoms with E-state index in [0.717, 1.165) is 17.5 Å².